The Morgan fingerprint density at radius 1 is 1.09 bits per heavy atom. The van der Waals surface area contributed by atoms with E-state index in [0.29, 0.717) is 11.4 Å². The van der Waals surface area contributed by atoms with Crippen LogP contribution in [0, 0.1) is 0 Å². The number of imidazole rings is 1. The van der Waals surface area contributed by atoms with Crippen LogP contribution in [0.4, 0.5) is 0 Å². The van der Waals surface area contributed by atoms with Crippen molar-refractivity contribution in [1.82, 2.24) is 25.9 Å². The molecule has 0 radical (unpaired) electrons. The molecule has 1 aromatic rings. The molecule has 0 fully saturated rings. The van der Waals surface area contributed by atoms with Crippen LogP contribution in [-0.4, -0.2) is 80.8 Å². The number of carboxylic acids is 1. The van der Waals surface area contributed by atoms with Gasteiger partial charge < -0.3 is 37.5 Å². The summed E-state index contributed by atoms with van der Waals surface area (Å²) in [4.78, 5) is 66.8. The molecule has 4 unspecified atom stereocenters. The van der Waals surface area contributed by atoms with Gasteiger partial charge in [0.2, 0.25) is 23.6 Å². The van der Waals surface area contributed by atoms with Crippen molar-refractivity contribution in [1.29, 1.82) is 0 Å². The van der Waals surface area contributed by atoms with E-state index in [2.05, 4.69) is 25.9 Å². The Kier molecular flexibility index (Phi) is 11.2. The molecule has 1 heterocycles. The van der Waals surface area contributed by atoms with E-state index in [1.807, 2.05) is 6.26 Å². The molecule has 4 amide bonds. The molecule has 0 aromatic carbocycles. The Morgan fingerprint density at radius 2 is 1.69 bits per heavy atom. The highest BCUT2D eigenvalue weighted by molar-refractivity contribution is 7.98. The minimum atomic E-state index is -1.56. The normalized spacial score (nSPS) is 14.5. The Hall–Kier alpha value is -3.13. The molecule has 0 bridgehead atoms. The molecule has 14 heteroatoms. The lowest BCUT2D eigenvalue weighted by molar-refractivity contribution is -0.143. The van der Waals surface area contributed by atoms with E-state index in [1.54, 1.807) is 0 Å². The Morgan fingerprint density at radius 3 is 2.19 bits per heavy atom. The molecule has 1 aromatic heterocycles. The van der Waals surface area contributed by atoms with E-state index < -0.39 is 60.2 Å². The van der Waals surface area contributed by atoms with Gasteiger partial charge in [-0.3, -0.25) is 19.2 Å². The number of aliphatic carboxylic acids is 1. The van der Waals surface area contributed by atoms with Crippen molar-refractivity contribution in [3.8, 4) is 0 Å². The number of carbonyl (C=O) groups is 5. The maximum atomic E-state index is 12.9. The zero-order valence-electron chi connectivity index (χ0n) is 17.8. The van der Waals surface area contributed by atoms with Gasteiger partial charge in [-0.2, -0.15) is 11.8 Å². The van der Waals surface area contributed by atoms with Crippen molar-refractivity contribution in [2.75, 3.05) is 12.0 Å². The number of nitrogens with zero attached hydrogens (tertiary/aromatic N) is 1. The molecule has 4 atom stereocenters. The standard InChI is InChI=1S/C18H29N7O6S/c1-9(19)15(27)23-11(3-4-32-2)16(28)24-12(5-10-7-21-8-22-10)17(29)25-13(18(30)31)6-14(20)26/h7-9,11-13H,3-6,19H2,1-2H3,(H2,20,26)(H,21,22)(H,23,27)(H,24,28)(H,25,29)(H,30,31). The number of rotatable bonds is 14. The molecule has 32 heavy (non-hydrogen) atoms. The van der Waals surface area contributed by atoms with Gasteiger partial charge in [-0.25, -0.2) is 9.78 Å². The first kappa shape index (κ1) is 26.9. The van der Waals surface area contributed by atoms with E-state index in [4.69, 9.17) is 11.5 Å². The number of nitrogens with one attached hydrogen (secondary N) is 4. The second-order valence-corrected chi connectivity index (χ2v) is 8.03. The van der Waals surface area contributed by atoms with Gasteiger partial charge in [0.1, 0.15) is 18.1 Å². The predicted molar refractivity (Wildman–Crippen MR) is 116 cm³/mol. The summed E-state index contributed by atoms with van der Waals surface area (Å²) < 4.78 is 0. The van der Waals surface area contributed by atoms with E-state index in [-0.39, 0.29) is 12.8 Å². The number of carboxylic acid groups (broad SMARTS) is 1. The summed E-state index contributed by atoms with van der Waals surface area (Å²) in [6.07, 6.45) is 4.27. The summed E-state index contributed by atoms with van der Waals surface area (Å²) in [5.41, 5.74) is 11.1. The highest BCUT2D eigenvalue weighted by Gasteiger charge is 2.30. The number of primary amides is 1. The van der Waals surface area contributed by atoms with Crippen molar-refractivity contribution in [3.63, 3.8) is 0 Å². The lowest BCUT2D eigenvalue weighted by Crippen LogP contribution is -2.57. The summed E-state index contributed by atoms with van der Waals surface area (Å²) in [7, 11) is 0. The van der Waals surface area contributed by atoms with Crippen LogP contribution in [0.15, 0.2) is 12.5 Å². The highest BCUT2D eigenvalue weighted by Crippen LogP contribution is 2.05. The third kappa shape index (κ3) is 9.34. The average Bonchev–Trinajstić information content (AvgIpc) is 3.22. The number of nitrogens with two attached hydrogens (primary N) is 2. The smallest absolute Gasteiger partial charge is 0.326 e. The SMILES string of the molecule is CSCCC(NC(=O)C(C)N)C(=O)NC(Cc1cnc[nH]1)C(=O)NC(CC(N)=O)C(=O)O. The predicted octanol–water partition coefficient (Wildman–Crippen LogP) is -2.53. The van der Waals surface area contributed by atoms with Gasteiger partial charge in [0.25, 0.3) is 0 Å². The molecule has 0 aliphatic rings. The first-order chi connectivity index (χ1) is 15.0. The number of carbonyl (C=O) groups excluding carboxylic acids is 4. The largest absolute Gasteiger partial charge is 0.480 e. The minimum absolute atomic E-state index is 0.0447. The molecule has 0 aliphatic carbocycles. The van der Waals surface area contributed by atoms with Crippen LogP contribution in [-0.2, 0) is 30.4 Å². The lowest BCUT2D eigenvalue weighted by Gasteiger charge is -2.24. The molecule has 0 spiro atoms. The van der Waals surface area contributed by atoms with Crippen LogP contribution < -0.4 is 27.4 Å². The van der Waals surface area contributed by atoms with Gasteiger partial charge in [-0.15, -0.1) is 0 Å². The average molecular weight is 472 g/mol. The van der Waals surface area contributed by atoms with Crippen LogP contribution >= 0.6 is 11.8 Å². The van der Waals surface area contributed by atoms with Crippen LogP contribution in [0.25, 0.3) is 0 Å². The zero-order chi connectivity index (χ0) is 24.3. The van der Waals surface area contributed by atoms with Crippen LogP contribution in [0.5, 0.6) is 0 Å². The summed E-state index contributed by atoms with van der Waals surface area (Å²) in [5, 5.41) is 16.5. The maximum Gasteiger partial charge on any atom is 0.326 e. The number of thioether (sulfide) groups is 1. The van der Waals surface area contributed by atoms with Crippen molar-refractivity contribution >= 4 is 41.4 Å². The Bertz CT molecular complexity index is 802. The summed E-state index contributed by atoms with van der Waals surface area (Å²) in [6.45, 7) is 1.47. The minimum Gasteiger partial charge on any atom is -0.480 e. The number of hydrogen-bond acceptors (Lipinski definition) is 8. The Balaban J connectivity index is 3.03. The molecule has 178 valence electrons. The van der Waals surface area contributed by atoms with Crippen molar-refractivity contribution in [2.45, 2.75) is 50.4 Å². The van der Waals surface area contributed by atoms with Gasteiger partial charge in [0, 0.05) is 18.3 Å². The molecule has 0 saturated carbocycles. The van der Waals surface area contributed by atoms with E-state index in [0.717, 1.165) is 0 Å². The monoisotopic (exact) mass is 471 g/mol. The molecular weight excluding hydrogens is 442 g/mol. The summed E-state index contributed by atoms with van der Waals surface area (Å²) in [5.74, 6) is -3.84. The number of aromatic nitrogens is 2. The number of amides is 4. The second kappa shape index (κ2) is 13.3. The first-order valence-corrected chi connectivity index (χ1v) is 11.1. The van der Waals surface area contributed by atoms with Crippen molar-refractivity contribution in [3.05, 3.63) is 18.2 Å². The number of hydrogen-bond donors (Lipinski definition) is 7. The van der Waals surface area contributed by atoms with Gasteiger partial charge in [0.05, 0.1) is 18.8 Å². The fraction of sp³-hybridized carbons (Fsp3) is 0.556. The maximum absolute atomic E-state index is 12.9. The summed E-state index contributed by atoms with van der Waals surface area (Å²) >= 11 is 1.46. The fourth-order valence-electron chi connectivity index (χ4n) is 2.58. The van der Waals surface area contributed by atoms with Crippen LogP contribution in [0.1, 0.15) is 25.5 Å². The third-order valence-electron chi connectivity index (χ3n) is 4.29. The quantitative estimate of drug-likeness (QED) is 0.152. The second-order valence-electron chi connectivity index (χ2n) is 7.04. The molecule has 9 N–H and O–H groups in total. The van der Waals surface area contributed by atoms with Crippen molar-refractivity contribution in [2.24, 2.45) is 11.5 Å². The van der Waals surface area contributed by atoms with Crippen molar-refractivity contribution < 1.29 is 29.1 Å². The topological polar surface area (TPSA) is 222 Å². The fourth-order valence-corrected chi connectivity index (χ4v) is 3.05. The van der Waals surface area contributed by atoms with Gasteiger partial charge in [0.15, 0.2) is 0 Å². The van der Waals surface area contributed by atoms with Crippen LogP contribution in [0.2, 0.25) is 0 Å². The molecule has 13 nitrogen and oxygen atoms in total. The molecule has 1 rings (SSSR count). The number of H-pyrrole nitrogens is 1. The molecule has 0 saturated heterocycles. The lowest BCUT2D eigenvalue weighted by atomic mass is 10.1. The zero-order valence-corrected chi connectivity index (χ0v) is 18.6. The first-order valence-electron chi connectivity index (χ1n) is 9.69. The number of aromatic amines is 1. The van der Waals surface area contributed by atoms with Crippen LogP contribution in [0.3, 0.4) is 0 Å². The summed E-state index contributed by atoms with van der Waals surface area (Å²) in [6, 6.07) is -4.58. The van der Waals surface area contributed by atoms with Gasteiger partial charge in [-0.1, -0.05) is 0 Å². The van der Waals surface area contributed by atoms with E-state index in [1.165, 1.54) is 31.2 Å². The molecular formula is C18H29N7O6S. The van der Waals surface area contributed by atoms with Gasteiger partial charge >= 0.3 is 5.97 Å². The van der Waals surface area contributed by atoms with E-state index >= 15 is 0 Å². The van der Waals surface area contributed by atoms with E-state index in [9.17, 15) is 29.1 Å². The Labute approximate surface area is 188 Å². The molecule has 0 aliphatic heterocycles. The van der Waals surface area contributed by atoms with Gasteiger partial charge in [-0.05, 0) is 25.4 Å². The highest BCUT2D eigenvalue weighted by atomic mass is 32.2. The third-order valence-corrected chi connectivity index (χ3v) is 4.93.